The molecule has 0 aliphatic carbocycles. The number of ether oxygens (including phenoxy) is 1. The van der Waals surface area contributed by atoms with E-state index >= 15 is 0 Å². The monoisotopic (exact) mass is 315 g/mol. The zero-order chi connectivity index (χ0) is 15.2. The van der Waals surface area contributed by atoms with E-state index in [9.17, 15) is 14.4 Å². The molecular formula is C13H21N3O4S. The third-order valence-corrected chi connectivity index (χ3v) is 4.57. The van der Waals surface area contributed by atoms with Gasteiger partial charge in [-0.3, -0.25) is 9.59 Å². The number of amides is 3. The summed E-state index contributed by atoms with van der Waals surface area (Å²) in [5.74, 6) is 1.25. The lowest BCUT2D eigenvalue weighted by Crippen LogP contribution is -2.56. The van der Waals surface area contributed by atoms with E-state index < -0.39 is 6.04 Å². The molecule has 3 amide bonds. The van der Waals surface area contributed by atoms with Crippen molar-refractivity contribution in [2.24, 2.45) is 0 Å². The van der Waals surface area contributed by atoms with Gasteiger partial charge in [0.05, 0.1) is 6.61 Å². The number of carbonyl (C=O) groups is 3. The summed E-state index contributed by atoms with van der Waals surface area (Å²) in [6, 6.07) is -0.445. The van der Waals surface area contributed by atoms with Gasteiger partial charge in [-0.1, -0.05) is 0 Å². The van der Waals surface area contributed by atoms with Crippen LogP contribution in [0.5, 0.6) is 0 Å². The number of thioether (sulfide) groups is 1. The second-order valence-electron chi connectivity index (χ2n) is 4.96. The third kappa shape index (κ3) is 4.26. The molecule has 0 aromatic rings. The van der Waals surface area contributed by atoms with Gasteiger partial charge in [-0.25, -0.2) is 4.79 Å². The number of hydrogen-bond donors (Lipinski definition) is 1. The van der Waals surface area contributed by atoms with E-state index in [-0.39, 0.29) is 17.9 Å². The molecule has 7 nitrogen and oxygen atoms in total. The van der Waals surface area contributed by atoms with Crippen LogP contribution in [0.3, 0.4) is 0 Å². The Morgan fingerprint density at radius 1 is 1.29 bits per heavy atom. The number of carbonyl (C=O) groups excluding carboxylic acids is 3. The fourth-order valence-electron chi connectivity index (χ4n) is 2.35. The summed E-state index contributed by atoms with van der Waals surface area (Å²) >= 11 is 1.62. The highest BCUT2D eigenvalue weighted by Gasteiger charge is 2.31. The minimum atomic E-state index is -0.445. The van der Waals surface area contributed by atoms with Crippen molar-refractivity contribution in [2.45, 2.75) is 19.4 Å². The quantitative estimate of drug-likeness (QED) is 0.770. The van der Waals surface area contributed by atoms with E-state index in [2.05, 4.69) is 5.32 Å². The Kier molecular flexibility index (Phi) is 5.72. The molecule has 0 radical (unpaired) electrons. The Balaban J connectivity index is 1.85. The van der Waals surface area contributed by atoms with Gasteiger partial charge in [0.25, 0.3) is 0 Å². The SMILES string of the molecule is CCOC(=O)N1CCN(C(=O)C2CSCCC(=O)N2)CC1. The van der Waals surface area contributed by atoms with Crippen LogP contribution >= 0.6 is 11.8 Å². The van der Waals surface area contributed by atoms with Crippen LogP contribution in [0, 0.1) is 0 Å². The van der Waals surface area contributed by atoms with Gasteiger partial charge >= 0.3 is 6.09 Å². The van der Waals surface area contributed by atoms with Crippen molar-refractivity contribution in [3.63, 3.8) is 0 Å². The molecule has 2 heterocycles. The third-order valence-electron chi connectivity index (χ3n) is 3.51. The molecule has 2 aliphatic heterocycles. The highest BCUT2D eigenvalue weighted by Crippen LogP contribution is 2.13. The van der Waals surface area contributed by atoms with Gasteiger partial charge in [-0.05, 0) is 6.92 Å². The van der Waals surface area contributed by atoms with Crippen molar-refractivity contribution in [2.75, 3.05) is 44.3 Å². The van der Waals surface area contributed by atoms with Gasteiger partial charge in [-0.2, -0.15) is 11.8 Å². The van der Waals surface area contributed by atoms with Crippen LogP contribution in [0.1, 0.15) is 13.3 Å². The second kappa shape index (κ2) is 7.53. The summed E-state index contributed by atoms with van der Waals surface area (Å²) in [5.41, 5.74) is 0. The first-order chi connectivity index (χ1) is 10.1. The van der Waals surface area contributed by atoms with E-state index in [1.807, 2.05) is 0 Å². The van der Waals surface area contributed by atoms with E-state index in [0.717, 1.165) is 5.75 Å². The molecule has 0 saturated carbocycles. The Morgan fingerprint density at radius 2 is 1.95 bits per heavy atom. The van der Waals surface area contributed by atoms with E-state index in [4.69, 9.17) is 4.74 Å². The average molecular weight is 315 g/mol. The number of nitrogens with one attached hydrogen (secondary N) is 1. The van der Waals surface area contributed by atoms with Crippen molar-refractivity contribution >= 4 is 29.7 Å². The lowest BCUT2D eigenvalue weighted by atomic mass is 10.2. The summed E-state index contributed by atoms with van der Waals surface area (Å²) in [6.45, 7) is 4.02. The Labute approximate surface area is 128 Å². The Morgan fingerprint density at radius 3 is 2.62 bits per heavy atom. The molecule has 0 spiro atoms. The fraction of sp³-hybridized carbons (Fsp3) is 0.769. The lowest BCUT2D eigenvalue weighted by Gasteiger charge is -2.35. The summed E-state index contributed by atoms with van der Waals surface area (Å²) < 4.78 is 4.95. The van der Waals surface area contributed by atoms with Crippen LogP contribution in [0.2, 0.25) is 0 Å². The molecule has 21 heavy (non-hydrogen) atoms. The second-order valence-corrected chi connectivity index (χ2v) is 6.11. The van der Waals surface area contributed by atoms with Crippen LogP contribution in [-0.2, 0) is 14.3 Å². The predicted molar refractivity (Wildman–Crippen MR) is 79.0 cm³/mol. The molecule has 118 valence electrons. The molecule has 1 atom stereocenters. The molecule has 8 heteroatoms. The normalized spacial score (nSPS) is 23.3. The van der Waals surface area contributed by atoms with E-state index in [1.54, 1.807) is 28.5 Å². The molecule has 2 saturated heterocycles. The molecule has 2 aliphatic rings. The predicted octanol–water partition coefficient (Wildman–Crippen LogP) is -0.0912. The molecule has 1 unspecified atom stereocenters. The van der Waals surface area contributed by atoms with Crippen molar-refractivity contribution < 1.29 is 19.1 Å². The molecule has 2 fully saturated rings. The van der Waals surface area contributed by atoms with Crippen molar-refractivity contribution in [3.8, 4) is 0 Å². The highest BCUT2D eigenvalue weighted by atomic mass is 32.2. The average Bonchev–Trinajstić information content (AvgIpc) is 2.71. The highest BCUT2D eigenvalue weighted by molar-refractivity contribution is 7.99. The largest absolute Gasteiger partial charge is 0.450 e. The standard InChI is InChI=1S/C13H21N3O4S/c1-2-20-13(19)16-6-4-15(5-7-16)12(18)10-9-21-8-3-11(17)14-10/h10H,2-9H2,1H3,(H,14,17). The van der Waals surface area contributed by atoms with Gasteiger partial charge in [-0.15, -0.1) is 0 Å². The molecular weight excluding hydrogens is 294 g/mol. The van der Waals surface area contributed by atoms with Crippen LogP contribution in [0.25, 0.3) is 0 Å². The number of piperazine rings is 1. The van der Waals surface area contributed by atoms with Gasteiger partial charge in [0.2, 0.25) is 11.8 Å². The smallest absolute Gasteiger partial charge is 0.409 e. The fourth-order valence-corrected chi connectivity index (χ4v) is 3.31. The zero-order valence-electron chi connectivity index (χ0n) is 12.2. The molecule has 0 bridgehead atoms. The Bertz CT molecular complexity index is 410. The topological polar surface area (TPSA) is 79.0 Å². The van der Waals surface area contributed by atoms with Gasteiger partial charge in [0.15, 0.2) is 0 Å². The summed E-state index contributed by atoms with van der Waals surface area (Å²) in [7, 11) is 0. The molecule has 0 aromatic heterocycles. The van der Waals surface area contributed by atoms with E-state index in [1.165, 1.54) is 0 Å². The first kappa shape index (κ1) is 15.9. The van der Waals surface area contributed by atoms with Crippen LogP contribution in [-0.4, -0.2) is 78.0 Å². The van der Waals surface area contributed by atoms with E-state index in [0.29, 0.717) is 45.0 Å². The van der Waals surface area contributed by atoms with Crippen molar-refractivity contribution in [1.82, 2.24) is 15.1 Å². The summed E-state index contributed by atoms with van der Waals surface area (Å²) in [6.07, 6.45) is 0.133. The maximum Gasteiger partial charge on any atom is 0.409 e. The van der Waals surface area contributed by atoms with Gasteiger partial charge in [0, 0.05) is 44.1 Å². The van der Waals surface area contributed by atoms with Crippen LogP contribution in [0.15, 0.2) is 0 Å². The first-order valence-corrected chi connectivity index (χ1v) is 8.35. The molecule has 2 rings (SSSR count). The number of rotatable bonds is 2. The molecule has 0 aromatic carbocycles. The van der Waals surface area contributed by atoms with Gasteiger partial charge in [0.1, 0.15) is 6.04 Å². The first-order valence-electron chi connectivity index (χ1n) is 7.19. The number of hydrogen-bond acceptors (Lipinski definition) is 5. The summed E-state index contributed by atoms with van der Waals surface area (Å²) in [5, 5.41) is 2.77. The van der Waals surface area contributed by atoms with Gasteiger partial charge < -0.3 is 19.9 Å². The molecule has 1 N–H and O–H groups in total. The van der Waals surface area contributed by atoms with Crippen LogP contribution in [0.4, 0.5) is 4.79 Å². The minimum Gasteiger partial charge on any atom is -0.450 e. The zero-order valence-corrected chi connectivity index (χ0v) is 13.0. The summed E-state index contributed by atoms with van der Waals surface area (Å²) in [4.78, 5) is 38.9. The van der Waals surface area contributed by atoms with Crippen molar-refractivity contribution in [3.05, 3.63) is 0 Å². The Hall–Kier alpha value is -1.44. The minimum absolute atomic E-state index is 0.0544. The maximum absolute atomic E-state index is 12.4. The maximum atomic E-state index is 12.4. The van der Waals surface area contributed by atoms with Crippen molar-refractivity contribution in [1.29, 1.82) is 0 Å². The lowest BCUT2D eigenvalue weighted by molar-refractivity contribution is -0.137. The number of nitrogens with zero attached hydrogens (tertiary/aromatic N) is 2. The van der Waals surface area contributed by atoms with Crippen LogP contribution < -0.4 is 5.32 Å².